The maximum Gasteiger partial charge on any atom is 0.0733 e. The van der Waals surface area contributed by atoms with Crippen molar-refractivity contribution in [2.45, 2.75) is 13.8 Å². The molecule has 0 saturated carbocycles. The molecule has 0 unspecified atom stereocenters. The fourth-order valence-corrected chi connectivity index (χ4v) is 6.16. The van der Waals surface area contributed by atoms with Crippen molar-refractivity contribution in [3.05, 3.63) is 157 Å². The molecule has 7 aromatic rings. The summed E-state index contributed by atoms with van der Waals surface area (Å²) in [5.74, 6) is 0. The Hall–Kier alpha value is -5.21. The maximum atomic E-state index is 4.97. The van der Waals surface area contributed by atoms with Crippen molar-refractivity contribution < 1.29 is 0 Å². The molecule has 1 heterocycles. The standard InChI is InChI=1S/C39H30N2/c1-27-26-28(2)41(40-27)34-25-15-24-33-35(29-16-7-3-8-17-29)36(30-18-9-4-10-19-30)37(31-20-11-5-12-21-31)38(39(33)34)32-22-13-6-14-23-32/h3-26H,1-2H3. The molecule has 0 aliphatic heterocycles. The Morgan fingerprint density at radius 3 is 1.34 bits per heavy atom. The average molecular weight is 527 g/mol. The van der Waals surface area contributed by atoms with E-state index in [1.165, 1.54) is 55.3 Å². The van der Waals surface area contributed by atoms with Crippen LogP contribution in [0, 0.1) is 13.8 Å². The quantitative estimate of drug-likeness (QED) is 0.218. The van der Waals surface area contributed by atoms with E-state index >= 15 is 0 Å². The number of nitrogens with zero attached hydrogens (tertiary/aromatic N) is 2. The van der Waals surface area contributed by atoms with E-state index in [4.69, 9.17) is 5.10 Å². The Labute approximate surface area is 241 Å². The Kier molecular flexibility index (Phi) is 6.29. The highest BCUT2D eigenvalue weighted by molar-refractivity contribution is 6.20. The highest BCUT2D eigenvalue weighted by atomic mass is 15.3. The van der Waals surface area contributed by atoms with Crippen LogP contribution in [0.5, 0.6) is 0 Å². The van der Waals surface area contributed by atoms with Gasteiger partial charge in [-0.25, -0.2) is 4.68 Å². The first-order valence-electron chi connectivity index (χ1n) is 14.1. The smallest absolute Gasteiger partial charge is 0.0733 e. The molecule has 41 heavy (non-hydrogen) atoms. The summed E-state index contributed by atoms with van der Waals surface area (Å²) in [5.41, 5.74) is 12.9. The van der Waals surface area contributed by atoms with E-state index in [0.29, 0.717) is 0 Å². The first kappa shape index (κ1) is 24.8. The van der Waals surface area contributed by atoms with E-state index < -0.39 is 0 Å². The third kappa shape index (κ3) is 4.34. The summed E-state index contributed by atoms with van der Waals surface area (Å²) < 4.78 is 2.11. The molecule has 1 aromatic heterocycles. The van der Waals surface area contributed by atoms with Crippen molar-refractivity contribution >= 4 is 10.8 Å². The Bertz CT molecular complexity index is 1970. The number of rotatable bonds is 5. The SMILES string of the molecule is Cc1cc(C)n(-c2cccc3c(-c4ccccc4)c(-c4ccccc4)c(-c4ccccc4)c(-c4ccccc4)c23)n1. The van der Waals surface area contributed by atoms with Gasteiger partial charge in [0.15, 0.2) is 0 Å². The molecule has 0 bridgehead atoms. The molecule has 2 heteroatoms. The molecule has 7 rings (SSSR count). The number of benzene rings is 6. The molecule has 0 aliphatic rings. The van der Waals surface area contributed by atoms with Gasteiger partial charge in [0.25, 0.3) is 0 Å². The van der Waals surface area contributed by atoms with Crippen molar-refractivity contribution in [1.82, 2.24) is 9.78 Å². The lowest BCUT2D eigenvalue weighted by atomic mass is 9.78. The van der Waals surface area contributed by atoms with Gasteiger partial charge >= 0.3 is 0 Å². The Morgan fingerprint density at radius 1 is 0.439 bits per heavy atom. The molecule has 6 aromatic carbocycles. The number of aromatic nitrogens is 2. The number of hydrogen-bond donors (Lipinski definition) is 0. The first-order valence-corrected chi connectivity index (χ1v) is 14.1. The summed E-state index contributed by atoms with van der Waals surface area (Å²) in [4.78, 5) is 0. The second-order valence-corrected chi connectivity index (χ2v) is 10.5. The van der Waals surface area contributed by atoms with Crippen LogP contribution in [-0.4, -0.2) is 9.78 Å². The number of aryl methyl sites for hydroxylation is 2. The average Bonchev–Trinajstić information content (AvgIpc) is 3.38. The van der Waals surface area contributed by atoms with Crippen LogP contribution < -0.4 is 0 Å². The van der Waals surface area contributed by atoms with Crippen LogP contribution in [0.15, 0.2) is 146 Å². The lowest BCUT2D eigenvalue weighted by molar-refractivity contribution is 0.840. The van der Waals surface area contributed by atoms with Crippen LogP contribution in [0.25, 0.3) is 61.0 Å². The van der Waals surface area contributed by atoms with Crippen molar-refractivity contribution in [1.29, 1.82) is 0 Å². The van der Waals surface area contributed by atoms with Crippen LogP contribution in [-0.2, 0) is 0 Å². The summed E-state index contributed by atoms with van der Waals surface area (Å²) in [6.07, 6.45) is 0. The summed E-state index contributed by atoms with van der Waals surface area (Å²) in [6, 6.07) is 52.1. The second kappa shape index (κ2) is 10.4. The van der Waals surface area contributed by atoms with E-state index in [0.717, 1.165) is 17.1 Å². The van der Waals surface area contributed by atoms with Gasteiger partial charge in [-0.3, -0.25) is 0 Å². The zero-order valence-corrected chi connectivity index (χ0v) is 23.3. The van der Waals surface area contributed by atoms with Crippen LogP contribution in [0.2, 0.25) is 0 Å². The topological polar surface area (TPSA) is 17.8 Å². The zero-order valence-electron chi connectivity index (χ0n) is 23.3. The van der Waals surface area contributed by atoms with Crippen LogP contribution in [0.1, 0.15) is 11.4 Å². The fraction of sp³-hybridized carbons (Fsp3) is 0.0513. The van der Waals surface area contributed by atoms with E-state index in [9.17, 15) is 0 Å². The first-order chi connectivity index (χ1) is 20.2. The van der Waals surface area contributed by atoms with Gasteiger partial charge in [0, 0.05) is 16.6 Å². The maximum absolute atomic E-state index is 4.97. The molecule has 0 saturated heterocycles. The molecule has 0 aliphatic carbocycles. The summed E-state index contributed by atoms with van der Waals surface area (Å²) in [7, 11) is 0. The minimum atomic E-state index is 1.01. The molecule has 0 amide bonds. The zero-order chi connectivity index (χ0) is 27.8. The fourth-order valence-electron chi connectivity index (χ4n) is 6.16. The largest absolute Gasteiger partial charge is 0.237 e. The lowest BCUT2D eigenvalue weighted by Crippen LogP contribution is -2.04. The van der Waals surface area contributed by atoms with Crippen LogP contribution >= 0.6 is 0 Å². The van der Waals surface area contributed by atoms with Gasteiger partial charge < -0.3 is 0 Å². The van der Waals surface area contributed by atoms with Crippen LogP contribution in [0.4, 0.5) is 0 Å². The Morgan fingerprint density at radius 2 is 0.878 bits per heavy atom. The third-order valence-electron chi connectivity index (χ3n) is 7.80. The molecular formula is C39H30N2. The minimum Gasteiger partial charge on any atom is -0.237 e. The molecule has 2 nitrogen and oxygen atoms in total. The Balaban J connectivity index is 1.80. The van der Waals surface area contributed by atoms with Crippen molar-refractivity contribution in [2.24, 2.45) is 0 Å². The monoisotopic (exact) mass is 526 g/mol. The van der Waals surface area contributed by atoms with Gasteiger partial charge in [-0.15, -0.1) is 0 Å². The minimum absolute atomic E-state index is 1.01. The van der Waals surface area contributed by atoms with Gasteiger partial charge in [0.05, 0.1) is 11.4 Å². The van der Waals surface area contributed by atoms with Crippen LogP contribution in [0.3, 0.4) is 0 Å². The van der Waals surface area contributed by atoms with Gasteiger partial charge in [-0.2, -0.15) is 5.10 Å². The van der Waals surface area contributed by atoms with Crippen molar-refractivity contribution in [3.63, 3.8) is 0 Å². The van der Waals surface area contributed by atoms with Gasteiger partial charge in [-0.05, 0) is 70.3 Å². The molecule has 0 fully saturated rings. The van der Waals surface area contributed by atoms with Gasteiger partial charge in [-0.1, -0.05) is 133 Å². The van der Waals surface area contributed by atoms with E-state index in [1.54, 1.807) is 0 Å². The highest BCUT2D eigenvalue weighted by Gasteiger charge is 2.26. The number of hydrogen-bond acceptors (Lipinski definition) is 1. The second-order valence-electron chi connectivity index (χ2n) is 10.5. The molecule has 0 spiro atoms. The molecule has 0 atom stereocenters. The molecule has 0 radical (unpaired) electrons. The summed E-state index contributed by atoms with van der Waals surface area (Å²) in [5, 5.41) is 7.37. The third-order valence-corrected chi connectivity index (χ3v) is 7.80. The summed E-state index contributed by atoms with van der Waals surface area (Å²) >= 11 is 0. The molecular weight excluding hydrogens is 496 g/mol. The van der Waals surface area contributed by atoms with Gasteiger partial charge in [0.1, 0.15) is 0 Å². The molecule has 0 N–H and O–H groups in total. The highest BCUT2D eigenvalue weighted by Crippen LogP contribution is 2.52. The predicted molar refractivity (Wildman–Crippen MR) is 172 cm³/mol. The van der Waals surface area contributed by atoms with Crippen molar-refractivity contribution in [3.8, 4) is 50.2 Å². The van der Waals surface area contributed by atoms with Gasteiger partial charge in [0.2, 0.25) is 0 Å². The normalized spacial score (nSPS) is 11.2. The number of fused-ring (bicyclic) bond motifs is 1. The van der Waals surface area contributed by atoms with E-state index in [-0.39, 0.29) is 0 Å². The molecule has 196 valence electrons. The van der Waals surface area contributed by atoms with E-state index in [2.05, 4.69) is 164 Å². The lowest BCUT2D eigenvalue weighted by Gasteiger charge is -2.25. The summed E-state index contributed by atoms with van der Waals surface area (Å²) in [6.45, 7) is 4.20. The van der Waals surface area contributed by atoms with E-state index in [1.807, 2.05) is 0 Å². The van der Waals surface area contributed by atoms with Crippen molar-refractivity contribution in [2.75, 3.05) is 0 Å². The predicted octanol–water partition coefficient (Wildman–Crippen LogP) is 10.3.